The number of hydrogen-bond acceptors (Lipinski definition) is 4. The van der Waals surface area contributed by atoms with Crippen LogP contribution >= 0.6 is 0 Å². The SMILES string of the molecule is CC(Cc1cc(Oc2ccccc2)ccc1O)C[Si](C)(O[Si](C)C)O[Si](C)(C)C. The molecule has 0 bridgehead atoms. The van der Waals surface area contributed by atoms with Gasteiger partial charge in [0.2, 0.25) is 0 Å². The van der Waals surface area contributed by atoms with E-state index in [-0.39, 0.29) is 0 Å². The standard InChI is InChI=1S/C22H35O4Si3/c1-18(17-29(7,25-27(2)3)26-28(4,5)6)15-19-16-21(13-14-22(19)23)24-20-11-9-8-10-12-20/h8-14,16,18,23H,15,17H2,1-7H3. The maximum absolute atomic E-state index is 10.4. The van der Waals surface area contributed by atoms with Crippen LogP contribution in [0.1, 0.15) is 12.5 Å². The van der Waals surface area contributed by atoms with Crippen molar-refractivity contribution in [3.05, 3.63) is 54.1 Å². The predicted molar refractivity (Wildman–Crippen MR) is 127 cm³/mol. The van der Waals surface area contributed by atoms with Gasteiger partial charge in [-0.2, -0.15) is 0 Å². The van der Waals surface area contributed by atoms with Gasteiger partial charge in [-0.25, -0.2) is 0 Å². The average molecular weight is 448 g/mol. The minimum Gasteiger partial charge on any atom is -0.508 e. The quantitative estimate of drug-likeness (QED) is 0.419. The summed E-state index contributed by atoms with van der Waals surface area (Å²) in [6, 6.07) is 16.1. The van der Waals surface area contributed by atoms with E-state index < -0.39 is 25.9 Å². The second-order valence-corrected chi connectivity index (χ2v) is 19.4. The lowest BCUT2D eigenvalue weighted by Gasteiger charge is -2.37. The highest BCUT2D eigenvalue weighted by Crippen LogP contribution is 2.32. The molecule has 0 spiro atoms. The number of ether oxygens (including phenoxy) is 1. The third-order valence-corrected chi connectivity index (χ3v) is 13.2. The Kier molecular flexibility index (Phi) is 8.30. The Morgan fingerprint density at radius 3 is 2.21 bits per heavy atom. The van der Waals surface area contributed by atoms with E-state index in [1.807, 2.05) is 36.4 Å². The molecule has 2 unspecified atom stereocenters. The highest BCUT2D eigenvalue weighted by atomic mass is 28.5. The summed E-state index contributed by atoms with van der Waals surface area (Å²) < 4.78 is 18.9. The molecule has 1 N–H and O–H groups in total. The van der Waals surface area contributed by atoms with Gasteiger partial charge < -0.3 is 18.1 Å². The van der Waals surface area contributed by atoms with Gasteiger partial charge in [0.15, 0.2) is 17.4 Å². The number of phenols is 1. The zero-order valence-electron chi connectivity index (χ0n) is 18.8. The van der Waals surface area contributed by atoms with Crippen LogP contribution in [-0.4, -0.2) is 31.0 Å². The molecule has 2 rings (SSSR count). The molecule has 2 aromatic rings. The number of aromatic hydroxyl groups is 1. The zero-order chi connectivity index (χ0) is 21.7. The van der Waals surface area contributed by atoms with E-state index in [0.29, 0.717) is 11.7 Å². The Bertz CT molecular complexity index is 777. The van der Waals surface area contributed by atoms with Crippen LogP contribution in [0, 0.1) is 5.92 Å². The second-order valence-electron chi connectivity index (χ2n) is 9.08. The minimum absolute atomic E-state index is 0.309. The molecule has 29 heavy (non-hydrogen) atoms. The van der Waals surface area contributed by atoms with E-state index >= 15 is 0 Å². The van der Waals surface area contributed by atoms with E-state index in [0.717, 1.165) is 29.5 Å². The number of phenolic OH excluding ortho intramolecular Hbond substituents is 1. The molecule has 0 fully saturated rings. The Labute approximate surface area is 180 Å². The van der Waals surface area contributed by atoms with Crippen molar-refractivity contribution in [2.45, 2.75) is 58.7 Å². The molecule has 0 saturated carbocycles. The lowest BCUT2D eigenvalue weighted by molar-refractivity contribution is 0.375. The van der Waals surface area contributed by atoms with Gasteiger partial charge >= 0.3 is 8.56 Å². The molecule has 159 valence electrons. The molecule has 0 aliphatic carbocycles. The summed E-state index contributed by atoms with van der Waals surface area (Å²) in [5.41, 5.74) is 0.897. The first-order chi connectivity index (χ1) is 13.5. The van der Waals surface area contributed by atoms with Gasteiger partial charge in [0.25, 0.3) is 0 Å². The highest BCUT2D eigenvalue weighted by Gasteiger charge is 2.38. The van der Waals surface area contributed by atoms with Gasteiger partial charge in [-0.3, -0.25) is 0 Å². The van der Waals surface area contributed by atoms with Crippen molar-refractivity contribution >= 4 is 25.9 Å². The van der Waals surface area contributed by atoms with Gasteiger partial charge in [0.05, 0.1) is 0 Å². The summed E-state index contributed by atoms with van der Waals surface area (Å²) in [5.74, 6) is 2.17. The number of hydrogen-bond donors (Lipinski definition) is 1. The summed E-state index contributed by atoms with van der Waals surface area (Å²) in [6.07, 6.45) is 0.758. The first kappa shape index (κ1) is 23.9. The predicted octanol–water partition coefficient (Wildman–Crippen LogP) is 6.55. The first-order valence-corrected chi connectivity index (χ1v) is 18.5. The van der Waals surface area contributed by atoms with Crippen LogP contribution in [-0.2, 0) is 14.7 Å². The van der Waals surface area contributed by atoms with Crippen LogP contribution in [0.4, 0.5) is 0 Å². The van der Waals surface area contributed by atoms with Crippen LogP contribution in [0.2, 0.25) is 45.3 Å². The van der Waals surface area contributed by atoms with Crippen molar-refractivity contribution in [2.24, 2.45) is 5.92 Å². The third-order valence-electron chi connectivity index (χ3n) is 4.26. The zero-order valence-corrected chi connectivity index (χ0v) is 21.8. The number of benzene rings is 2. The molecular formula is C22H35O4Si3. The van der Waals surface area contributed by atoms with Gasteiger partial charge in [-0.15, -0.1) is 0 Å². The third kappa shape index (κ3) is 8.47. The molecule has 2 aromatic carbocycles. The molecule has 1 radical (unpaired) electrons. The Morgan fingerprint density at radius 1 is 0.966 bits per heavy atom. The van der Waals surface area contributed by atoms with Crippen LogP contribution in [0.5, 0.6) is 17.2 Å². The molecule has 0 amide bonds. The maximum atomic E-state index is 10.4. The van der Waals surface area contributed by atoms with E-state index in [2.05, 4.69) is 46.2 Å². The van der Waals surface area contributed by atoms with Crippen LogP contribution < -0.4 is 4.74 Å². The Hall–Kier alpha value is -1.39. The van der Waals surface area contributed by atoms with Gasteiger partial charge in [-0.05, 0) is 93.6 Å². The lowest BCUT2D eigenvalue weighted by Crippen LogP contribution is -2.50. The van der Waals surface area contributed by atoms with E-state index in [9.17, 15) is 5.11 Å². The summed E-state index contributed by atoms with van der Waals surface area (Å²) in [5, 5.41) is 10.4. The molecule has 4 nitrogen and oxygen atoms in total. The molecule has 2 atom stereocenters. The van der Waals surface area contributed by atoms with E-state index in [4.69, 9.17) is 13.0 Å². The monoisotopic (exact) mass is 447 g/mol. The number of para-hydroxylation sites is 1. The lowest BCUT2D eigenvalue weighted by atomic mass is 10.0. The summed E-state index contributed by atoms with van der Waals surface area (Å²) in [7, 11) is -4.80. The van der Waals surface area contributed by atoms with Crippen molar-refractivity contribution in [1.82, 2.24) is 0 Å². The fraction of sp³-hybridized carbons (Fsp3) is 0.455. The van der Waals surface area contributed by atoms with Gasteiger partial charge in [0, 0.05) is 0 Å². The molecular weight excluding hydrogens is 412 g/mol. The van der Waals surface area contributed by atoms with E-state index in [1.54, 1.807) is 12.1 Å². The van der Waals surface area contributed by atoms with Gasteiger partial charge in [0.1, 0.15) is 17.2 Å². The van der Waals surface area contributed by atoms with Crippen molar-refractivity contribution in [2.75, 3.05) is 0 Å². The van der Waals surface area contributed by atoms with Crippen LogP contribution in [0.3, 0.4) is 0 Å². The Morgan fingerprint density at radius 2 is 1.62 bits per heavy atom. The van der Waals surface area contributed by atoms with Crippen molar-refractivity contribution in [3.63, 3.8) is 0 Å². The van der Waals surface area contributed by atoms with Crippen LogP contribution in [0.15, 0.2) is 48.5 Å². The number of rotatable bonds is 10. The molecule has 0 saturated heterocycles. The normalized spacial score (nSPS) is 15.2. The highest BCUT2D eigenvalue weighted by molar-refractivity contribution is 6.84. The molecule has 0 aliphatic rings. The topological polar surface area (TPSA) is 47.9 Å². The second kappa shape index (κ2) is 10.1. The average Bonchev–Trinajstić information content (AvgIpc) is 2.55. The Balaban J connectivity index is 2.11. The molecule has 0 heterocycles. The maximum Gasteiger partial charge on any atom is 0.314 e. The largest absolute Gasteiger partial charge is 0.508 e. The molecule has 7 heteroatoms. The van der Waals surface area contributed by atoms with Crippen molar-refractivity contribution in [3.8, 4) is 17.2 Å². The van der Waals surface area contributed by atoms with E-state index in [1.165, 1.54) is 0 Å². The fourth-order valence-electron chi connectivity index (χ4n) is 3.68. The van der Waals surface area contributed by atoms with Crippen LogP contribution in [0.25, 0.3) is 0 Å². The van der Waals surface area contributed by atoms with Crippen molar-refractivity contribution in [1.29, 1.82) is 0 Å². The van der Waals surface area contributed by atoms with Crippen molar-refractivity contribution < 1.29 is 18.1 Å². The minimum atomic E-state index is -2.26. The van der Waals surface area contributed by atoms with Gasteiger partial charge in [-0.1, -0.05) is 25.1 Å². The summed E-state index contributed by atoms with van der Waals surface area (Å²) in [4.78, 5) is 0. The molecule has 0 aliphatic heterocycles. The first-order valence-electron chi connectivity index (χ1n) is 10.2. The molecule has 0 aromatic heterocycles. The summed E-state index contributed by atoms with van der Waals surface area (Å²) in [6.45, 7) is 15.4. The fourth-order valence-corrected chi connectivity index (χ4v) is 14.9. The summed E-state index contributed by atoms with van der Waals surface area (Å²) >= 11 is 0. The smallest absolute Gasteiger partial charge is 0.314 e.